The molecule has 0 saturated carbocycles. The summed E-state index contributed by atoms with van der Waals surface area (Å²) in [5, 5.41) is 6.58. The fourth-order valence-corrected chi connectivity index (χ4v) is 3.85. The normalized spacial score (nSPS) is 12.4. The lowest BCUT2D eigenvalue weighted by molar-refractivity contribution is -0.115. The van der Waals surface area contributed by atoms with Crippen LogP contribution in [0.4, 0.5) is 17.3 Å². The molecule has 7 nitrogen and oxygen atoms in total. The predicted octanol–water partition coefficient (Wildman–Crippen LogP) is 4.74. The Bertz CT molecular complexity index is 1160. The third-order valence-corrected chi connectivity index (χ3v) is 5.51. The molecule has 1 aliphatic rings. The van der Waals surface area contributed by atoms with Crippen molar-refractivity contribution < 1.29 is 9.59 Å². The van der Waals surface area contributed by atoms with Crippen molar-refractivity contribution in [1.29, 1.82) is 0 Å². The molecule has 3 aromatic rings. The Hall–Kier alpha value is -3.29. The van der Waals surface area contributed by atoms with E-state index in [0.717, 1.165) is 36.1 Å². The largest absolute Gasteiger partial charge is 0.330 e. The summed E-state index contributed by atoms with van der Waals surface area (Å²) < 4.78 is 0. The molecule has 2 aromatic carbocycles. The number of ketones is 1. The molecule has 1 aliphatic heterocycles. The number of aromatic nitrogens is 2. The number of rotatable bonds is 8. The maximum absolute atomic E-state index is 12.5. The number of halogens is 1. The number of carbonyl (C=O) groups is 2. The van der Waals surface area contributed by atoms with Crippen LogP contribution in [-0.2, 0) is 11.2 Å². The van der Waals surface area contributed by atoms with E-state index in [1.54, 1.807) is 24.4 Å². The van der Waals surface area contributed by atoms with E-state index in [2.05, 4.69) is 20.6 Å². The second kappa shape index (κ2) is 9.89. The summed E-state index contributed by atoms with van der Waals surface area (Å²) in [6, 6.07) is 12.6. The number of benzene rings is 2. The zero-order valence-electron chi connectivity index (χ0n) is 17.5. The molecule has 0 radical (unpaired) electrons. The van der Waals surface area contributed by atoms with Crippen LogP contribution in [0.15, 0.2) is 48.7 Å². The number of anilines is 3. The molecule has 8 heteroatoms. The molecule has 1 amide bonds. The Balaban J connectivity index is 1.56. The molecule has 0 fully saturated rings. The maximum Gasteiger partial charge on any atom is 0.228 e. The van der Waals surface area contributed by atoms with Crippen LogP contribution in [0.1, 0.15) is 41.6 Å². The van der Waals surface area contributed by atoms with Gasteiger partial charge in [0.05, 0.1) is 17.8 Å². The van der Waals surface area contributed by atoms with Gasteiger partial charge in [0, 0.05) is 40.0 Å². The third-order valence-electron chi connectivity index (χ3n) is 5.28. The fourth-order valence-electron chi connectivity index (χ4n) is 3.67. The Morgan fingerprint density at radius 3 is 2.88 bits per heavy atom. The minimum atomic E-state index is -0.144. The van der Waals surface area contributed by atoms with Gasteiger partial charge in [-0.1, -0.05) is 30.2 Å². The lowest BCUT2D eigenvalue weighted by Crippen LogP contribution is -2.12. The van der Waals surface area contributed by atoms with E-state index in [4.69, 9.17) is 17.3 Å². The predicted molar refractivity (Wildman–Crippen MR) is 126 cm³/mol. The summed E-state index contributed by atoms with van der Waals surface area (Å²) in [6.45, 7) is 0.649. The number of unbranched alkanes of at least 4 members (excludes halogenated alkanes) is 2. The van der Waals surface area contributed by atoms with Gasteiger partial charge in [-0.25, -0.2) is 9.97 Å². The van der Waals surface area contributed by atoms with Crippen LogP contribution in [0.25, 0.3) is 11.3 Å². The summed E-state index contributed by atoms with van der Waals surface area (Å²) >= 11 is 6.10. The van der Waals surface area contributed by atoms with E-state index in [-0.39, 0.29) is 18.1 Å². The number of nitrogens with two attached hydrogens (primary N) is 1. The zero-order chi connectivity index (χ0) is 22.5. The molecule has 4 rings (SSSR count). The standard InChI is InChI=1S/C24H24ClN5O2/c25-17-8-9-19-20(13-17)29-22(32)12-16-14-27-24(30-23(16)19)28-18-6-4-5-15(11-18)21(31)7-2-1-3-10-26/h4-6,8-9,11,13-14H,1-3,7,10,12,26H2,(H,29,32)(H,27,28,30). The quantitative estimate of drug-likeness (QED) is 0.338. The van der Waals surface area contributed by atoms with E-state index >= 15 is 0 Å². The van der Waals surface area contributed by atoms with Crippen molar-refractivity contribution in [3.63, 3.8) is 0 Å². The first-order chi connectivity index (χ1) is 15.5. The minimum Gasteiger partial charge on any atom is -0.330 e. The van der Waals surface area contributed by atoms with Crippen LogP contribution in [-0.4, -0.2) is 28.2 Å². The number of amides is 1. The second-order valence-electron chi connectivity index (χ2n) is 7.71. The number of nitrogens with zero attached hydrogens (tertiary/aromatic N) is 2. The van der Waals surface area contributed by atoms with Crippen molar-refractivity contribution >= 4 is 40.6 Å². The molecule has 2 heterocycles. The maximum atomic E-state index is 12.5. The van der Waals surface area contributed by atoms with Gasteiger partial charge in [-0.15, -0.1) is 0 Å². The first kappa shape index (κ1) is 21.9. The van der Waals surface area contributed by atoms with Crippen molar-refractivity contribution in [2.45, 2.75) is 32.1 Å². The highest BCUT2D eigenvalue weighted by atomic mass is 35.5. The smallest absolute Gasteiger partial charge is 0.228 e. The highest BCUT2D eigenvalue weighted by molar-refractivity contribution is 6.31. The minimum absolute atomic E-state index is 0.101. The number of hydrogen-bond donors (Lipinski definition) is 3. The number of fused-ring (bicyclic) bond motifs is 3. The van der Waals surface area contributed by atoms with Crippen molar-refractivity contribution in [1.82, 2.24) is 9.97 Å². The van der Waals surface area contributed by atoms with Crippen LogP contribution in [0.5, 0.6) is 0 Å². The fraction of sp³-hybridized carbons (Fsp3) is 0.250. The molecule has 0 unspecified atom stereocenters. The Labute approximate surface area is 191 Å². The van der Waals surface area contributed by atoms with Crippen molar-refractivity contribution in [3.8, 4) is 11.3 Å². The second-order valence-corrected chi connectivity index (χ2v) is 8.15. The molecule has 0 bridgehead atoms. The van der Waals surface area contributed by atoms with Gasteiger partial charge in [0.15, 0.2) is 5.78 Å². The van der Waals surface area contributed by atoms with Gasteiger partial charge in [0.25, 0.3) is 0 Å². The Kier molecular flexibility index (Phi) is 6.78. The average Bonchev–Trinajstić information content (AvgIpc) is 2.91. The molecule has 0 atom stereocenters. The number of hydrogen-bond acceptors (Lipinski definition) is 6. The summed E-state index contributed by atoms with van der Waals surface area (Å²) in [6.07, 6.45) is 5.04. The van der Waals surface area contributed by atoms with Crippen LogP contribution in [0.3, 0.4) is 0 Å². The molecule has 0 saturated heterocycles. The summed E-state index contributed by atoms with van der Waals surface area (Å²) in [7, 11) is 0. The molecular formula is C24H24ClN5O2. The molecule has 0 spiro atoms. The van der Waals surface area contributed by atoms with E-state index < -0.39 is 0 Å². The average molecular weight is 450 g/mol. The highest BCUT2D eigenvalue weighted by Gasteiger charge is 2.21. The van der Waals surface area contributed by atoms with Gasteiger partial charge in [-0.05, 0) is 49.7 Å². The van der Waals surface area contributed by atoms with Crippen LogP contribution in [0.2, 0.25) is 5.02 Å². The first-order valence-corrected chi connectivity index (χ1v) is 11.0. The van der Waals surface area contributed by atoms with Crippen LogP contribution < -0.4 is 16.4 Å². The molecule has 164 valence electrons. The topological polar surface area (TPSA) is 110 Å². The first-order valence-electron chi connectivity index (χ1n) is 10.6. The Morgan fingerprint density at radius 2 is 2.03 bits per heavy atom. The van der Waals surface area contributed by atoms with Crippen LogP contribution in [0, 0.1) is 0 Å². The van der Waals surface area contributed by atoms with Gasteiger partial charge >= 0.3 is 0 Å². The van der Waals surface area contributed by atoms with E-state index in [0.29, 0.717) is 40.9 Å². The SMILES string of the molecule is NCCCCCC(=O)c1cccc(Nc2ncc3c(n2)-c2ccc(Cl)cc2NC(=O)C3)c1. The van der Waals surface area contributed by atoms with Gasteiger partial charge in [0.2, 0.25) is 11.9 Å². The number of Topliss-reactive ketones (excluding diaryl/α,β-unsaturated/α-hetero) is 1. The van der Waals surface area contributed by atoms with Gasteiger partial charge < -0.3 is 16.4 Å². The molecule has 1 aromatic heterocycles. The summed E-state index contributed by atoms with van der Waals surface area (Å²) in [5.74, 6) is 0.338. The monoisotopic (exact) mass is 449 g/mol. The zero-order valence-corrected chi connectivity index (χ0v) is 18.3. The lowest BCUT2D eigenvalue weighted by Gasteiger charge is -2.11. The Morgan fingerprint density at radius 1 is 1.16 bits per heavy atom. The number of carbonyl (C=O) groups excluding carboxylic acids is 2. The van der Waals surface area contributed by atoms with E-state index in [1.807, 2.05) is 24.3 Å². The highest BCUT2D eigenvalue weighted by Crippen LogP contribution is 2.34. The number of nitrogens with one attached hydrogen (secondary N) is 2. The van der Waals surface area contributed by atoms with Crippen LogP contribution >= 0.6 is 11.6 Å². The van der Waals surface area contributed by atoms with E-state index in [9.17, 15) is 9.59 Å². The van der Waals surface area contributed by atoms with Gasteiger partial charge in [-0.3, -0.25) is 9.59 Å². The van der Waals surface area contributed by atoms with Crippen molar-refractivity contribution in [2.75, 3.05) is 17.2 Å². The molecule has 0 aliphatic carbocycles. The summed E-state index contributed by atoms with van der Waals surface area (Å²) in [4.78, 5) is 33.8. The molecular weight excluding hydrogens is 426 g/mol. The van der Waals surface area contributed by atoms with Gasteiger partial charge in [0.1, 0.15) is 0 Å². The summed E-state index contributed by atoms with van der Waals surface area (Å²) in [5.41, 5.74) is 9.67. The lowest BCUT2D eigenvalue weighted by atomic mass is 10.0. The van der Waals surface area contributed by atoms with E-state index in [1.165, 1.54) is 0 Å². The third kappa shape index (κ3) is 5.12. The van der Waals surface area contributed by atoms with Gasteiger partial charge in [-0.2, -0.15) is 0 Å². The molecule has 4 N–H and O–H groups in total. The van der Waals surface area contributed by atoms with Crippen molar-refractivity contribution in [2.24, 2.45) is 5.73 Å². The molecule has 32 heavy (non-hydrogen) atoms. The van der Waals surface area contributed by atoms with Crippen molar-refractivity contribution in [3.05, 3.63) is 64.8 Å².